The zero-order chi connectivity index (χ0) is 13.7. The molecule has 0 aromatic heterocycles. The van der Waals surface area contributed by atoms with E-state index in [1.807, 2.05) is 26.0 Å². The summed E-state index contributed by atoms with van der Waals surface area (Å²) in [5, 5.41) is 13.4. The highest BCUT2D eigenvalue weighted by Gasteiger charge is 2.15. The van der Waals surface area contributed by atoms with Gasteiger partial charge in [0.1, 0.15) is 18.5 Å². The van der Waals surface area contributed by atoms with Crippen molar-refractivity contribution in [1.29, 1.82) is 0 Å². The maximum atomic E-state index is 9.94. The van der Waals surface area contributed by atoms with Crippen LogP contribution < -0.4 is 10.1 Å². The Morgan fingerprint density at radius 3 is 2.79 bits per heavy atom. The lowest BCUT2D eigenvalue weighted by Crippen LogP contribution is -2.36. The smallest absolute Gasteiger partial charge is 0.122 e. The van der Waals surface area contributed by atoms with E-state index in [-0.39, 0.29) is 0 Å². The van der Waals surface area contributed by atoms with E-state index in [2.05, 4.69) is 11.4 Å². The summed E-state index contributed by atoms with van der Waals surface area (Å²) in [6.07, 6.45) is 4.66. The van der Waals surface area contributed by atoms with Crippen molar-refractivity contribution in [2.75, 3.05) is 13.2 Å². The number of aliphatic hydroxyl groups is 1. The summed E-state index contributed by atoms with van der Waals surface area (Å²) in [7, 11) is 0. The molecule has 1 aromatic rings. The zero-order valence-corrected chi connectivity index (χ0v) is 12.0. The molecule has 0 spiro atoms. The van der Waals surface area contributed by atoms with E-state index >= 15 is 0 Å². The van der Waals surface area contributed by atoms with Crippen LogP contribution in [0.5, 0.6) is 5.75 Å². The largest absolute Gasteiger partial charge is 0.491 e. The van der Waals surface area contributed by atoms with Gasteiger partial charge in [0.2, 0.25) is 0 Å². The van der Waals surface area contributed by atoms with E-state index in [4.69, 9.17) is 4.74 Å². The van der Waals surface area contributed by atoms with Crippen LogP contribution in [0.1, 0.15) is 36.8 Å². The average molecular weight is 263 g/mol. The molecule has 0 saturated heterocycles. The second-order valence-electron chi connectivity index (χ2n) is 5.62. The van der Waals surface area contributed by atoms with Crippen LogP contribution >= 0.6 is 0 Å². The van der Waals surface area contributed by atoms with Crippen LogP contribution in [0.3, 0.4) is 0 Å². The molecule has 1 aliphatic rings. The van der Waals surface area contributed by atoms with Gasteiger partial charge in [-0.3, -0.25) is 0 Å². The fourth-order valence-electron chi connectivity index (χ4n) is 2.54. The molecule has 1 saturated carbocycles. The summed E-state index contributed by atoms with van der Waals surface area (Å²) in [4.78, 5) is 0. The van der Waals surface area contributed by atoms with E-state index in [9.17, 15) is 5.11 Å². The molecule has 106 valence electrons. The summed E-state index contributed by atoms with van der Waals surface area (Å²) in [6.45, 7) is 5.04. The molecule has 2 N–H and O–H groups in total. The summed E-state index contributed by atoms with van der Waals surface area (Å²) < 4.78 is 5.70. The van der Waals surface area contributed by atoms with Gasteiger partial charge in [-0.25, -0.2) is 0 Å². The molecule has 1 fully saturated rings. The van der Waals surface area contributed by atoms with Crippen molar-refractivity contribution in [2.45, 2.75) is 51.7 Å². The standard InChI is InChI=1S/C16H25NO2/c1-12-7-8-13(2)16(9-12)19-11-15(18)10-17-14-5-3-4-6-14/h7-9,14-15,17-18H,3-6,10-11H2,1-2H3. The normalized spacial score (nSPS) is 17.6. The van der Waals surface area contributed by atoms with E-state index < -0.39 is 6.10 Å². The lowest BCUT2D eigenvalue weighted by atomic mass is 10.1. The predicted molar refractivity (Wildman–Crippen MR) is 77.7 cm³/mol. The fraction of sp³-hybridized carbons (Fsp3) is 0.625. The quantitative estimate of drug-likeness (QED) is 0.829. The van der Waals surface area contributed by atoms with Crippen LogP contribution in [0.4, 0.5) is 0 Å². The Kier molecular flexibility index (Phi) is 5.23. The molecule has 0 radical (unpaired) electrons. The Labute approximate surface area is 116 Å². The van der Waals surface area contributed by atoms with Gasteiger partial charge in [0.25, 0.3) is 0 Å². The van der Waals surface area contributed by atoms with E-state index in [0.717, 1.165) is 11.3 Å². The molecule has 3 heteroatoms. The first-order chi connectivity index (χ1) is 9.15. The molecule has 1 unspecified atom stereocenters. The first-order valence-corrected chi connectivity index (χ1v) is 7.26. The Morgan fingerprint density at radius 2 is 2.05 bits per heavy atom. The van der Waals surface area contributed by atoms with Gasteiger partial charge in [0, 0.05) is 12.6 Å². The van der Waals surface area contributed by atoms with Crippen molar-refractivity contribution < 1.29 is 9.84 Å². The zero-order valence-electron chi connectivity index (χ0n) is 12.0. The number of aliphatic hydroxyl groups excluding tert-OH is 1. The molecule has 0 heterocycles. The van der Waals surface area contributed by atoms with Crippen LogP contribution in [-0.4, -0.2) is 30.4 Å². The second-order valence-corrected chi connectivity index (χ2v) is 5.62. The van der Waals surface area contributed by atoms with Crippen LogP contribution in [0.15, 0.2) is 18.2 Å². The molecule has 1 aliphatic carbocycles. The third-order valence-corrected chi connectivity index (χ3v) is 3.77. The summed E-state index contributed by atoms with van der Waals surface area (Å²) in [5.74, 6) is 0.875. The van der Waals surface area contributed by atoms with Gasteiger partial charge in [0.05, 0.1) is 0 Å². The maximum absolute atomic E-state index is 9.94. The fourth-order valence-corrected chi connectivity index (χ4v) is 2.54. The minimum atomic E-state index is -0.444. The van der Waals surface area contributed by atoms with Crippen LogP contribution in [0.25, 0.3) is 0 Å². The highest BCUT2D eigenvalue weighted by molar-refractivity contribution is 5.35. The lowest BCUT2D eigenvalue weighted by molar-refractivity contribution is 0.103. The van der Waals surface area contributed by atoms with Gasteiger partial charge in [0.15, 0.2) is 0 Å². The molecule has 19 heavy (non-hydrogen) atoms. The second kappa shape index (κ2) is 6.92. The number of aryl methyl sites for hydroxylation is 2. The molecule has 1 aromatic carbocycles. The highest BCUT2D eigenvalue weighted by Crippen LogP contribution is 2.19. The van der Waals surface area contributed by atoms with E-state index in [0.29, 0.717) is 19.2 Å². The lowest BCUT2D eigenvalue weighted by Gasteiger charge is -2.17. The summed E-state index contributed by atoms with van der Waals surface area (Å²) in [6, 6.07) is 6.73. The van der Waals surface area contributed by atoms with Crippen molar-refractivity contribution in [1.82, 2.24) is 5.32 Å². The molecule has 1 atom stereocenters. The number of rotatable bonds is 6. The predicted octanol–water partition coefficient (Wildman–Crippen LogP) is 2.58. The topological polar surface area (TPSA) is 41.5 Å². The molecule has 0 bridgehead atoms. The van der Waals surface area contributed by atoms with E-state index in [1.54, 1.807) is 0 Å². The minimum Gasteiger partial charge on any atom is -0.491 e. The maximum Gasteiger partial charge on any atom is 0.122 e. The van der Waals surface area contributed by atoms with Crippen molar-refractivity contribution in [2.24, 2.45) is 0 Å². The third kappa shape index (κ3) is 4.51. The Bertz CT molecular complexity index is 400. The third-order valence-electron chi connectivity index (χ3n) is 3.77. The minimum absolute atomic E-state index is 0.351. The van der Waals surface area contributed by atoms with Gasteiger partial charge in [-0.1, -0.05) is 25.0 Å². The van der Waals surface area contributed by atoms with Gasteiger partial charge in [-0.15, -0.1) is 0 Å². The molecule has 0 amide bonds. The molecular formula is C16H25NO2. The van der Waals surface area contributed by atoms with Crippen LogP contribution in [0.2, 0.25) is 0 Å². The Morgan fingerprint density at radius 1 is 1.32 bits per heavy atom. The van der Waals surface area contributed by atoms with Crippen molar-refractivity contribution >= 4 is 0 Å². The van der Waals surface area contributed by atoms with Crippen molar-refractivity contribution in [3.63, 3.8) is 0 Å². The Hall–Kier alpha value is -1.06. The first kappa shape index (κ1) is 14.4. The number of ether oxygens (including phenoxy) is 1. The van der Waals surface area contributed by atoms with Gasteiger partial charge in [-0.05, 0) is 43.9 Å². The molecule has 2 rings (SSSR count). The summed E-state index contributed by atoms with van der Waals surface area (Å²) in [5.41, 5.74) is 2.29. The number of hydrogen-bond donors (Lipinski definition) is 2. The number of benzene rings is 1. The Balaban J connectivity index is 1.73. The first-order valence-electron chi connectivity index (χ1n) is 7.26. The van der Waals surface area contributed by atoms with Gasteiger partial charge in [-0.2, -0.15) is 0 Å². The number of hydrogen-bond acceptors (Lipinski definition) is 3. The SMILES string of the molecule is Cc1ccc(C)c(OCC(O)CNC2CCCC2)c1. The van der Waals surface area contributed by atoms with Crippen molar-refractivity contribution in [3.8, 4) is 5.75 Å². The molecule has 3 nitrogen and oxygen atoms in total. The monoisotopic (exact) mass is 263 g/mol. The van der Waals surface area contributed by atoms with Gasteiger partial charge < -0.3 is 15.2 Å². The van der Waals surface area contributed by atoms with Crippen LogP contribution in [-0.2, 0) is 0 Å². The average Bonchev–Trinajstić information content (AvgIpc) is 2.90. The van der Waals surface area contributed by atoms with Crippen LogP contribution in [0, 0.1) is 13.8 Å². The van der Waals surface area contributed by atoms with E-state index in [1.165, 1.54) is 31.2 Å². The van der Waals surface area contributed by atoms with Crippen molar-refractivity contribution in [3.05, 3.63) is 29.3 Å². The van der Waals surface area contributed by atoms with Gasteiger partial charge >= 0.3 is 0 Å². The number of nitrogens with one attached hydrogen (secondary N) is 1. The summed E-state index contributed by atoms with van der Waals surface area (Å²) >= 11 is 0. The molecular weight excluding hydrogens is 238 g/mol. The molecule has 0 aliphatic heterocycles. The highest BCUT2D eigenvalue weighted by atomic mass is 16.5.